The Labute approximate surface area is 179 Å². The molecule has 0 spiro atoms. The average molecular weight is 454 g/mol. The van der Waals surface area contributed by atoms with Crippen molar-refractivity contribution in [2.75, 3.05) is 6.61 Å². The number of halogens is 2. The molecule has 3 atom stereocenters. The zero-order chi connectivity index (χ0) is 22.4. The molecule has 1 aliphatic rings. The number of rotatable bonds is 8. The summed E-state index contributed by atoms with van der Waals surface area (Å²) in [6.45, 7) is -0.397. The molecule has 1 amide bonds. The van der Waals surface area contributed by atoms with Crippen molar-refractivity contribution in [3.63, 3.8) is 0 Å². The van der Waals surface area contributed by atoms with Crippen LogP contribution >= 0.6 is 0 Å². The smallest absolute Gasteiger partial charge is 0.240 e. The minimum absolute atomic E-state index is 0.00237. The van der Waals surface area contributed by atoms with Gasteiger partial charge in [-0.05, 0) is 43.2 Å². The standard InChI is InChI=1S/C21H24F2N2O5S/c22-15-5-8-17(9-6-15)31(28,29)25-19-10-7-16(30-20(19)13-26)11-21(27)24-12-14-3-1-2-4-18(14)23/h1-6,8-9,16,19-20,25-26H,7,10-13H2,(H,24,27)/t16-,19-,20-/m1/s1. The van der Waals surface area contributed by atoms with Crippen molar-refractivity contribution in [3.8, 4) is 0 Å². The molecule has 7 nitrogen and oxygen atoms in total. The van der Waals surface area contributed by atoms with E-state index in [4.69, 9.17) is 4.74 Å². The first-order valence-electron chi connectivity index (χ1n) is 9.83. The summed E-state index contributed by atoms with van der Waals surface area (Å²) in [5.41, 5.74) is 0.365. The number of ether oxygens (including phenoxy) is 1. The maximum atomic E-state index is 13.6. The van der Waals surface area contributed by atoms with Crippen LogP contribution in [0.1, 0.15) is 24.8 Å². The lowest BCUT2D eigenvalue weighted by Crippen LogP contribution is -2.51. The summed E-state index contributed by atoms with van der Waals surface area (Å²) in [7, 11) is -3.93. The van der Waals surface area contributed by atoms with Gasteiger partial charge in [-0.15, -0.1) is 0 Å². The quantitative estimate of drug-likeness (QED) is 0.565. The monoisotopic (exact) mass is 454 g/mol. The van der Waals surface area contributed by atoms with E-state index >= 15 is 0 Å². The molecule has 0 bridgehead atoms. The second-order valence-electron chi connectivity index (χ2n) is 7.31. The van der Waals surface area contributed by atoms with Crippen LogP contribution in [-0.4, -0.2) is 44.3 Å². The van der Waals surface area contributed by atoms with E-state index in [1.807, 2.05) is 0 Å². The Morgan fingerprint density at radius 3 is 2.48 bits per heavy atom. The molecule has 1 aliphatic heterocycles. The summed E-state index contributed by atoms with van der Waals surface area (Å²) in [4.78, 5) is 12.1. The third-order valence-corrected chi connectivity index (χ3v) is 6.58. The summed E-state index contributed by atoms with van der Waals surface area (Å²) >= 11 is 0. The SMILES string of the molecule is O=C(C[C@H]1CC[C@@H](NS(=O)(=O)c2ccc(F)cc2)[C@@H](CO)O1)NCc1ccccc1F. The fourth-order valence-electron chi connectivity index (χ4n) is 3.41. The predicted octanol–water partition coefficient (Wildman–Crippen LogP) is 1.86. The van der Waals surface area contributed by atoms with Gasteiger partial charge in [-0.3, -0.25) is 4.79 Å². The number of aliphatic hydroxyl groups is 1. The van der Waals surface area contributed by atoms with Gasteiger partial charge in [-0.25, -0.2) is 21.9 Å². The van der Waals surface area contributed by atoms with E-state index < -0.39 is 46.5 Å². The number of carbonyl (C=O) groups excluding carboxylic acids is 1. The molecule has 168 valence electrons. The Morgan fingerprint density at radius 2 is 1.81 bits per heavy atom. The molecule has 0 radical (unpaired) electrons. The zero-order valence-corrected chi connectivity index (χ0v) is 17.4. The van der Waals surface area contributed by atoms with Gasteiger partial charge in [0, 0.05) is 12.1 Å². The highest BCUT2D eigenvalue weighted by molar-refractivity contribution is 7.89. The van der Waals surface area contributed by atoms with Crippen LogP contribution in [0.25, 0.3) is 0 Å². The fraction of sp³-hybridized carbons (Fsp3) is 0.381. The highest BCUT2D eigenvalue weighted by Crippen LogP contribution is 2.24. The van der Waals surface area contributed by atoms with E-state index in [0.717, 1.165) is 24.3 Å². The van der Waals surface area contributed by atoms with Crippen molar-refractivity contribution in [3.05, 3.63) is 65.7 Å². The summed E-state index contributed by atoms with van der Waals surface area (Å²) in [6, 6.07) is 9.82. The van der Waals surface area contributed by atoms with Gasteiger partial charge >= 0.3 is 0 Å². The molecular formula is C21H24F2N2O5S. The Bertz CT molecular complexity index is 1000. The summed E-state index contributed by atoms with van der Waals surface area (Å²) < 4.78 is 59.9. The van der Waals surface area contributed by atoms with E-state index in [1.165, 1.54) is 6.07 Å². The molecule has 0 aliphatic carbocycles. The number of benzene rings is 2. The van der Waals surface area contributed by atoms with Crippen LogP contribution in [0, 0.1) is 11.6 Å². The maximum absolute atomic E-state index is 13.6. The first-order valence-corrected chi connectivity index (χ1v) is 11.3. The Morgan fingerprint density at radius 1 is 1.10 bits per heavy atom. The van der Waals surface area contributed by atoms with Gasteiger partial charge in [0.2, 0.25) is 15.9 Å². The number of amides is 1. The summed E-state index contributed by atoms with van der Waals surface area (Å²) in [6.07, 6.45) is -0.614. The molecule has 1 heterocycles. The fourth-order valence-corrected chi connectivity index (χ4v) is 4.71. The van der Waals surface area contributed by atoms with Gasteiger partial charge in [0.15, 0.2) is 0 Å². The van der Waals surface area contributed by atoms with Gasteiger partial charge in [-0.2, -0.15) is 0 Å². The first-order chi connectivity index (χ1) is 14.8. The topological polar surface area (TPSA) is 105 Å². The van der Waals surface area contributed by atoms with E-state index in [1.54, 1.807) is 18.2 Å². The van der Waals surface area contributed by atoms with Crippen molar-refractivity contribution in [2.45, 2.75) is 49.0 Å². The second-order valence-corrected chi connectivity index (χ2v) is 9.02. The van der Waals surface area contributed by atoms with Gasteiger partial charge in [0.1, 0.15) is 11.6 Å². The highest BCUT2D eigenvalue weighted by Gasteiger charge is 2.34. The largest absolute Gasteiger partial charge is 0.394 e. The third kappa shape index (κ3) is 6.30. The molecule has 3 N–H and O–H groups in total. The van der Waals surface area contributed by atoms with Crippen LogP contribution < -0.4 is 10.0 Å². The van der Waals surface area contributed by atoms with E-state index in [9.17, 15) is 27.1 Å². The predicted molar refractivity (Wildman–Crippen MR) is 108 cm³/mol. The number of nitrogens with one attached hydrogen (secondary N) is 2. The minimum Gasteiger partial charge on any atom is -0.394 e. The van der Waals surface area contributed by atoms with Crippen LogP contribution in [0.4, 0.5) is 8.78 Å². The van der Waals surface area contributed by atoms with Gasteiger partial charge in [0.05, 0.1) is 36.2 Å². The van der Waals surface area contributed by atoms with Crippen LogP contribution in [0.5, 0.6) is 0 Å². The summed E-state index contributed by atoms with van der Waals surface area (Å²) in [5, 5.41) is 12.3. The average Bonchev–Trinajstić information content (AvgIpc) is 2.74. The lowest BCUT2D eigenvalue weighted by atomic mass is 9.98. The Hall–Kier alpha value is -2.40. The number of hydrogen-bond donors (Lipinski definition) is 3. The van der Waals surface area contributed by atoms with Crippen molar-refractivity contribution < 1.29 is 31.8 Å². The number of hydrogen-bond acceptors (Lipinski definition) is 5. The molecule has 31 heavy (non-hydrogen) atoms. The third-order valence-electron chi connectivity index (χ3n) is 5.07. The molecule has 0 unspecified atom stereocenters. The molecule has 0 saturated carbocycles. The molecule has 1 saturated heterocycles. The first kappa shape index (κ1) is 23.3. The maximum Gasteiger partial charge on any atom is 0.240 e. The number of sulfonamides is 1. The van der Waals surface area contributed by atoms with Crippen molar-refractivity contribution in [2.24, 2.45) is 0 Å². The van der Waals surface area contributed by atoms with Crippen molar-refractivity contribution in [1.82, 2.24) is 10.0 Å². The Balaban J connectivity index is 1.53. The van der Waals surface area contributed by atoms with E-state index in [-0.39, 0.29) is 23.8 Å². The molecule has 2 aromatic rings. The molecular weight excluding hydrogens is 430 g/mol. The lowest BCUT2D eigenvalue weighted by molar-refractivity contribution is -0.130. The number of aliphatic hydroxyl groups excluding tert-OH is 1. The Kier molecular flexibility index (Phi) is 7.71. The van der Waals surface area contributed by atoms with Crippen LogP contribution in [0.2, 0.25) is 0 Å². The lowest BCUT2D eigenvalue weighted by Gasteiger charge is -2.35. The molecule has 3 rings (SSSR count). The minimum atomic E-state index is -3.93. The summed E-state index contributed by atoms with van der Waals surface area (Å²) in [5.74, 6) is -1.30. The molecule has 1 fully saturated rings. The van der Waals surface area contributed by atoms with Gasteiger partial charge in [-0.1, -0.05) is 18.2 Å². The molecule has 10 heteroatoms. The van der Waals surface area contributed by atoms with Crippen molar-refractivity contribution in [1.29, 1.82) is 0 Å². The normalized spacial score (nSPS) is 21.6. The highest BCUT2D eigenvalue weighted by atomic mass is 32.2. The number of carbonyl (C=O) groups is 1. The van der Waals surface area contributed by atoms with E-state index in [2.05, 4.69) is 10.0 Å². The van der Waals surface area contributed by atoms with E-state index in [0.29, 0.717) is 18.4 Å². The van der Waals surface area contributed by atoms with Crippen LogP contribution in [0.15, 0.2) is 53.4 Å². The molecule has 2 aromatic carbocycles. The van der Waals surface area contributed by atoms with Gasteiger partial charge < -0.3 is 15.2 Å². The zero-order valence-electron chi connectivity index (χ0n) is 16.6. The second kappa shape index (κ2) is 10.3. The molecule has 0 aromatic heterocycles. The van der Waals surface area contributed by atoms with Crippen LogP contribution in [0.3, 0.4) is 0 Å². The van der Waals surface area contributed by atoms with Crippen LogP contribution in [-0.2, 0) is 26.1 Å². The van der Waals surface area contributed by atoms with Gasteiger partial charge in [0.25, 0.3) is 0 Å². The van der Waals surface area contributed by atoms with Crippen molar-refractivity contribution >= 4 is 15.9 Å².